The SMILES string of the molecule is O=P(O)(O)O[C@H]1[C@H](O)[C@H](OP(=O)(O)OP(=O)(O)O)[C@H](O)[C@@H](OP(=O)(O)OP(=O)(O)O)[C@@H]1OP(=O)(O)OP(=O)(O)O. The first kappa shape index (κ1) is 38.8. The maximum Gasteiger partial charge on any atom is 0.481 e. The van der Waals surface area contributed by atoms with Crippen molar-refractivity contribution >= 4 is 54.8 Å². The van der Waals surface area contributed by atoms with Crippen LogP contribution in [0.3, 0.4) is 0 Å². The predicted molar refractivity (Wildman–Crippen MR) is 112 cm³/mol. The average molecular weight is 740 g/mol. The van der Waals surface area contributed by atoms with Crippen LogP contribution in [0.15, 0.2) is 0 Å². The van der Waals surface area contributed by atoms with Gasteiger partial charge in [-0.1, -0.05) is 0 Å². The third kappa shape index (κ3) is 14.1. The third-order valence-electron chi connectivity index (χ3n) is 3.65. The Kier molecular flexibility index (Phi) is 12.7. The van der Waals surface area contributed by atoms with Crippen LogP contribution in [0.25, 0.3) is 0 Å². The first-order valence-corrected chi connectivity index (χ1v) is 19.4. The van der Waals surface area contributed by atoms with E-state index in [4.69, 9.17) is 39.1 Å². The fourth-order valence-electron chi connectivity index (χ4n) is 2.72. The maximum atomic E-state index is 12.1. The van der Waals surface area contributed by atoms with Gasteiger partial charge >= 0.3 is 54.8 Å². The van der Waals surface area contributed by atoms with Crippen LogP contribution < -0.4 is 0 Å². The lowest BCUT2D eigenvalue weighted by Gasteiger charge is -2.46. The normalized spacial score (nSPS) is 31.6. The summed E-state index contributed by atoms with van der Waals surface area (Å²) in [4.78, 5) is 99.3. The molecule has 0 aromatic heterocycles. The smallest absolute Gasteiger partial charge is 0.387 e. The fourth-order valence-corrected chi connectivity index (χ4v) is 8.63. The standard InChI is InChI=1S/C6H19O27P7/c7-1-3(28-38(21,22)31-35(12,13)14)2(8)5(29-39(23,24)32-36(15,16)17)6(4(1)27-34(9,10)11)30-40(25,26)33-37(18,19)20/h1-8H,(H,21,22)(H,23,24)(H,25,26)(H2,9,10,11)(H2,12,13,14)(H2,15,16,17)(H2,18,19,20)/t1-,2+,3+,4+,5-,6-/m1/s1. The Morgan fingerprint density at radius 1 is 0.350 bits per heavy atom. The van der Waals surface area contributed by atoms with E-state index < -0.39 is 91.4 Å². The van der Waals surface area contributed by atoms with E-state index in [1.165, 1.54) is 0 Å². The molecule has 34 heteroatoms. The van der Waals surface area contributed by atoms with E-state index in [0.717, 1.165) is 0 Å². The zero-order valence-corrected chi connectivity index (χ0v) is 24.4. The van der Waals surface area contributed by atoms with Crippen molar-refractivity contribution in [1.29, 1.82) is 0 Å². The zero-order chi connectivity index (χ0) is 31.9. The van der Waals surface area contributed by atoms with Gasteiger partial charge in [0.25, 0.3) is 0 Å². The molecule has 0 saturated heterocycles. The van der Waals surface area contributed by atoms with Gasteiger partial charge in [-0.15, -0.1) is 0 Å². The van der Waals surface area contributed by atoms with Gasteiger partial charge in [0.2, 0.25) is 0 Å². The number of aliphatic hydroxyl groups excluding tert-OH is 2. The Balaban J connectivity index is 3.76. The number of phosphoric ester groups is 4. The summed E-state index contributed by atoms with van der Waals surface area (Å²) in [7, 11) is -42.8. The summed E-state index contributed by atoms with van der Waals surface area (Å²) in [5, 5.41) is 20.9. The summed E-state index contributed by atoms with van der Waals surface area (Å²) in [5.41, 5.74) is 0. The minimum absolute atomic E-state index is 3.08. The van der Waals surface area contributed by atoms with Gasteiger partial charge in [0, 0.05) is 0 Å². The van der Waals surface area contributed by atoms with Gasteiger partial charge in [0.05, 0.1) is 0 Å². The molecule has 13 N–H and O–H groups in total. The molecule has 40 heavy (non-hydrogen) atoms. The van der Waals surface area contributed by atoms with E-state index in [-0.39, 0.29) is 0 Å². The lowest BCUT2D eigenvalue weighted by Crippen LogP contribution is -2.65. The highest BCUT2D eigenvalue weighted by Crippen LogP contribution is 2.64. The molecule has 0 radical (unpaired) electrons. The van der Waals surface area contributed by atoms with Crippen molar-refractivity contribution in [2.75, 3.05) is 0 Å². The van der Waals surface area contributed by atoms with Crippen molar-refractivity contribution in [2.24, 2.45) is 0 Å². The monoisotopic (exact) mass is 740 g/mol. The fraction of sp³-hybridized carbons (Fsp3) is 1.00. The molecular formula is C6H19O27P7. The highest BCUT2D eigenvalue weighted by atomic mass is 31.3. The molecule has 0 spiro atoms. The van der Waals surface area contributed by atoms with Gasteiger partial charge in [-0.25, -0.2) is 32.0 Å². The summed E-state index contributed by atoms with van der Waals surface area (Å²) in [6.45, 7) is 0. The van der Waals surface area contributed by atoms with E-state index >= 15 is 0 Å². The first-order valence-electron chi connectivity index (χ1n) is 8.76. The van der Waals surface area contributed by atoms with Crippen molar-refractivity contribution < 1.29 is 127 Å². The van der Waals surface area contributed by atoms with Crippen molar-refractivity contribution in [3.8, 4) is 0 Å². The molecular weight excluding hydrogens is 721 g/mol. The maximum absolute atomic E-state index is 12.1. The minimum Gasteiger partial charge on any atom is -0.387 e. The largest absolute Gasteiger partial charge is 0.481 e. The van der Waals surface area contributed by atoms with Crippen LogP contribution in [0.2, 0.25) is 0 Å². The van der Waals surface area contributed by atoms with E-state index in [9.17, 15) is 56.8 Å². The molecule has 0 bridgehead atoms. The van der Waals surface area contributed by atoms with E-state index in [1.807, 2.05) is 0 Å². The zero-order valence-electron chi connectivity index (χ0n) is 18.1. The molecule has 0 heterocycles. The lowest BCUT2D eigenvalue weighted by atomic mass is 9.85. The quantitative estimate of drug-likeness (QED) is 0.0788. The Morgan fingerprint density at radius 2 is 0.600 bits per heavy atom. The third-order valence-corrected chi connectivity index (χ3v) is 10.7. The van der Waals surface area contributed by atoms with Gasteiger partial charge in [-0.3, -0.25) is 18.1 Å². The first-order chi connectivity index (χ1) is 17.3. The molecule has 0 amide bonds. The summed E-state index contributed by atoms with van der Waals surface area (Å²) >= 11 is 0. The molecule has 1 aliphatic carbocycles. The number of rotatable bonds is 14. The van der Waals surface area contributed by atoms with Crippen LogP contribution in [0, 0.1) is 0 Å². The summed E-state index contributed by atoms with van der Waals surface area (Å²) in [6.07, 6.45) is -19.0. The van der Waals surface area contributed by atoms with Crippen LogP contribution in [0.4, 0.5) is 0 Å². The van der Waals surface area contributed by atoms with E-state index in [0.29, 0.717) is 0 Å². The molecule has 9 atom stereocenters. The van der Waals surface area contributed by atoms with Gasteiger partial charge < -0.3 is 64.0 Å². The molecule has 3 unspecified atom stereocenters. The van der Waals surface area contributed by atoms with Gasteiger partial charge in [-0.2, -0.15) is 12.9 Å². The van der Waals surface area contributed by atoms with E-state index in [2.05, 4.69) is 31.0 Å². The molecule has 27 nitrogen and oxygen atoms in total. The number of hydrogen-bond acceptors (Lipinski definition) is 16. The van der Waals surface area contributed by atoms with E-state index in [1.54, 1.807) is 0 Å². The minimum atomic E-state index is -6.32. The van der Waals surface area contributed by atoms with Crippen LogP contribution in [-0.2, 0) is 63.0 Å². The summed E-state index contributed by atoms with van der Waals surface area (Å²) in [5.74, 6) is 0. The lowest BCUT2D eigenvalue weighted by molar-refractivity contribution is -0.208. The van der Waals surface area contributed by atoms with Crippen LogP contribution >= 0.6 is 54.8 Å². The van der Waals surface area contributed by atoms with Gasteiger partial charge in [-0.05, 0) is 0 Å². The number of phosphoric acid groups is 7. The Labute approximate surface area is 219 Å². The van der Waals surface area contributed by atoms with Crippen LogP contribution in [0.5, 0.6) is 0 Å². The second kappa shape index (κ2) is 13.0. The van der Waals surface area contributed by atoms with Crippen molar-refractivity contribution in [1.82, 2.24) is 0 Å². The topological polar surface area (TPSA) is 447 Å². The molecule has 1 aliphatic rings. The molecule has 0 aliphatic heterocycles. The number of aliphatic hydroxyl groups is 2. The second-order valence-corrected chi connectivity index (χ2v) is 16.4. The molecule has 0 aromatic carbocycles. The summed E-state index contributed by atoms with van der Waals surface area (Å²) in [6, 6.07) is 0. The highest BCUT2D eigenvalue weighted by Gasteiger charge is 2.60. The van der Waals surface area contributed by atoms with Crippen molar-refractivity contribution in [3.05, 3.63) is 0 Å². The highest BCUT2D eigenvalue weighted by molar-refractivity contribution is 7.61. The Morgan fingerprint density at radius 3 is 0.875 bits per heavy atom. The van der Waals surface area contributed by atoms with Crippen molar-refractivity contribution in [3.63, 3.8) is 0 Å². The molecule has 1 saturated carbocycles. The van der Waals surface area contributed by atoms with Crippen molar-refractivity contribution in [2.45, 2.75) is 36.6 Å². The molecule has 1 fully saturated rings. The van der Waals surface area contributed by atoms with Crippen LogP contribution in [0.1, 0.15) is 0 Å². The summed E-state index contributed by atoms with van der Waals surface area (Å²) < 4.78 is 107. The average Bonchev–Trinajstić information content (AvgIpc) is 2.58. The molecule has 0 aromatic rings. The Hall–Kier alpha value is 0.810. The molecule has 240 valence electrons. The second-order valence-electron chi connectivity index (χ2n) is 6.87. The number of hydrogen-bond donors (Lipinski definition) is 13. The molecule has 1 rings (SSSR count). The van der Waals surface area contributed by atoms with Gasteiger partial charge in [0.1, 0.15) is 36.6 Å². The Bertz CT molecular complexity index is 1230. The predicted octanol–water partition coefficient (Wildman–Crippen LogP) is -3.02. The van der Waals surface area contributed by atoms with Gasteiger partial charge in [0.15, 0.2) is 0 Å². The van der Waals surface area contributed by atoms with Crippen LogP contribution in [-0.4, -0.2) is 101 Å².